The van der Waals surface area contributed by atoms with Gasteiger partial charge in [-0.15, -0.1) is 0 Å². The van der Waals surface area contributed by atoms with Crippen LogP contribution in [0.4, 0.5) is 0 Å². The van der Waals surface area contributed by atoms with E-state index in [1.165, 1.54) is 0 Å². The van der Waals surface area contributed by atoms with E-state index >= 15 is 0 Å². The van der Waals surface area contributed by atoms with Gasteiger partial charge in [0.2, 0.25) is 0 Å². The summed E-state index contributed by atoms with van der Waals surface area (Å²) in [5.74, 6) is 2.22. The van der Waals surface area contributed by atoms with Crippen LogP contribution in [0.3, 0.4) is 0 Å². The van der Waals surface area contributed by atoms with Crippen LogP contribution in [-0.4, -0.2) is 6.04 Å². The standard InChI is InChI=1S/C9H22NP/c1-6(2)8(5)9(10-11)7(3)4/h6-10H,11H2,1-5H3. The van der Waals surface area contributed by atoms with E-state index in [4.69, 9.17) is 0 Å². The molecule has 0 aromatic rings. The summed E-state index contributed by atoms with van der Waals surface area (Å²) in [5.41, 5.74) is 0. The lowest BCUT2D eigenvalue weighted by molar-refractivity contribution is 0.276. The van der Waals surface area contributed by atoms with Crippen LogP contribution in [-0.2, 0) is 0 Å². The monoisotopic (exact) mass is 175 g/mol. The summed E-state index contributed by atoms with van der Waals surface area (Å²) in [6.07, 6.45) is 0. The van der Waals surface area contributed by atoms with Gasteiger partial charge in [-0.2, -0.15) is 0 Å². The van der Waals surface area contributed by atoms with Gasteiger partial charge in [-0.1, -0.05) is 44.0 Å². The third-order valence-electron chi connectivity index (χ3n) is 2.53. The zero-order valence-electron chi connectivity index (χ0n) is 8.39. The Hall–Kier alpha value is 0.390. The van der Waals surface area contributed by atoms with Gasteiger partial charge in [0.15, 0.2) is 0 Å². The average Bonchev–Trinajstić information content (AvgIpc) is 1.88. The third-order valence-corrected chi connectivity index (χ3v) is 2.91. The summed E-state index contributed by atoms with van der Waals surface area (Å²) in [6.45, 7) is 11.4. The van der Waals surface area contributed by atoms with Gasteiger partial charge in [-0.3, -0.25) is 5.09 Å². The van der Waals surface area contributed by atoms with E-state index in [1.54, 1.807) is 0 Å². The lowest BCUT2D eigenvalue weighted by atomic mass is 9.85. The van der Waals surface area contributed by atoms with Crippen molar-refractivity contribution >= 4 is 9.39 Å². The fraction of sp³-hybridized carbons (Fsp3) is 1.00. The molecule has 68 valence electrons. The van der Waals surface area contributed by atoms with E-state index in [2.05, 4.69) is 49.1 Å². The van der Waals surface area contributed by atoms with Crippen molar-refractivity contribution in [1.29, 1.82) is 0 Å². The molecule has 0 aliphatic carbocycles. The fourth-order valence-corrected chi connectivity index (χ4v) is 2.05. The molecule has 2 heteroatoms. The number of hydrogen-bond donors (Lipinski definition) is 1. The number of rotatable bonds is 4. The molecule has 0 amide bonds. The molecular weight excluding hydrogens is 153 g/mol. The van der Waals surface area contributed by atoms with Crippen molar-refractivity contribution in [3.05, 3.63) is 0 Å². The molecule has 0 aromatic heterocycles. The Morgan fingerprint density at radius 3 is 1.45 bits per heavy atom. The second kappa shape index (κ2) is 5.11. The topological polar surface area (TPSA) is 12.0 Å². The van der Waals surface area contributed by atoms with E-state index in [-0.39, 0.29) is 0 Å². The molecule has 1 nitrogen and oxygen atoms in total. The SMILES string of the molecule is CC(C)C(C)C(NP)C(C)C. The van der Waals surface area contributed by atoms with E-state index in [0.717, 1.165) is 11.8 Å². The zero-order chi connectivity index (χ0) is 9.02. The van der Waals surface area contributed by atoms with Gasteiger partial charge in [0.05, 0.1) is 0 Å². The third kappa shape index (κ3) is 3.53. The van der Waals surface area contributed by atoms with Crippen LogP contribution in [0, 0.1) is 17.8 Å². The molecule has 11 heavy (non-hydrogen) atoms. The van der Waals surface area contributed by atoms with Gasteiger partial charge in [0.25, 0.3) is 0 Å². The second-order valence-corrected chi connectivity index (χ2v) is 4.37. The van der Waals surface area contributed by atoms with Crippen molar-refractivity contribution in [1.82, 2.24) is 5.09 Å². The lowest BCUT2D eigenvalue weighted by Crippen LogP contribution is -2.36. The molecule has 0 rings (SSSR count). The lowest BCUT2D eigenvalue weighted by Gasteiger charge is -2.29. The van der Waals surface area contributed by atoms with Crippen LogP contribution in [0.2, 0.25) is 0 Å². The Morgan fingerprint density at radius 2 is 1.36 bits per heavy atom. The highest BCUT2D eigenvalue weighted by Gasteiger charge is 2.21. The molecule has 3 unspecified atom stereocenters. The van der Waals surface area contributed by atoms with Crippen molar-refractivity contribution in [2.45, 2.75) is 40.7 Å². The van der Waals surface area contributed by atoms with E-state index in [9.17, 15) is 0 Å². The molecule has 0 aliphatic heterocycles. The van der Waals surface area contributed by atoms with Gasteiger partial charge in [-0.25, -0.2) is 0 Å². The molecule has 0 aromatic carbocycles. The van der Waals surface area contributed by atoms with E-state index in [0.29, 0.717) is 12.0 Å². The Balaban J connectivity index is 4.02. The summed E-state index contributed by atoms with van der Waals surface area (Å²) in [7, 11) is 2.63. The highest BCUT2D eigenvalue weighted by molar-refractivity contribution is 7.13. The van der Waals surface area contributed by atoms with Crippen LogP contribution < -0.4 is 5.09 Å². The Kier molecular flexibility index (Phi) is 5.29. The van der Waals surface area contributed by atoms with Crippen molar-refractivity contribution in [3.8, 4) is 0 Å². The minimum absolute atomic E-state index is 0.625. The van der Waals surface area contributed by atoms with E-state index < -0.39 is 0 Å². The van der Waals surface area contributed by atoms with Crippen LogP contribution in [0.1, 0.15) is 34.6 Å². The Labute approximate surface area is 73.6 Å². The first-order valence-corrected chi connectivity index (χ1v) is 5.04. The summed E-state index contributed by atoms with van der Waals surface area (Å²) in [6, 6.07) is 0.625. The molecule has 1 N–H and O–H groups in total. The predicted octanol–water partition coefficient (Wildman–Crippen LogP) is 2.68. The van der Waals surface area contributed by atoms with Gasteiger partial charge < -0.3 is 0 Å². The van der Waals surface area contributed by atoms with Gasteiger partial charge >= 0.3 is 0 Å². The van der Waals surface area contributed by atoms with Crippen molar-refractivity contribution < 1.29 is 0 Å². The molecule has 0 fully saturated rings. The van der Waals surface area contributed by atoms with Crippen LogP contribution in [0.25, 0.3) is 0 Å². The van der Waals surface area contributed by atoms with Crippen LogP contribution >= 0.6 is 9.39 Å². The average molecular weight is 175 g/mol. The van der Waals surface area contributed by atoms with Gasteiger partial charge in [0, 0.05) is 6.04 Å². The van der Waals surface area contributed by atoms with Crippen molar-refractivity contribution in [2.75, 3.05) is 0 Å². The highest BCUT2D eigenvalue weighted by atomic mass is 31.0. The van der Waals surface area contributed by atoms with Gasteiger partial charge in [-0.05, 0) is 17.8 Å². The smallest absolute Gasteiger partial charge is 0.0150 e. The number of hydrogen-bond acceptors (Lipinski definition) is 1. The second-order valence-electron chi connectivity index (χ2n) is 4.04. The molecule has 0 saturated carbocycles. The number of nitrogens with one attached hydrogen (secondary N) is 1. The molecule has 0 spiro atoms. The molecule has 0 radical (unpaired) electrons. The summed E-state index contributed by atoms with van der Waals surface area (Å²) in [5, 5.41) is 3.30. The maximum absolute atomic E-state index is 3.30. The Morgan fingerprint density at radius 1 is 0.909 bits per heavy atom. The van der Waals surface area contributed by atoms with Crippen LogP contribution in [0.5, 0.6) is 0 Å². The minimum atomic E-state index is 0.625. The summed E-state index contributed by atoms with van der Waals surface area (Å²) in [4.78, 5) is 0. The van der Waals surface area contributed by atoms with Crippen molar-refractivity contribution in [3.63, 3.8) is 0 Å². The quantitative estimate of drug-likeness (QED) is 0.648. The predicted molar refractivity (Wildman–Crippen MR) is 55.5 cm³/mol. The first-order valence-electron chi connectivity index (χ1n) is 4.46. The maximum Gasteiger partial charge on any atom is 0.0150 e. The first kappa shape index (κ1) is 11.4. The van der Waals surface area contributed by atoms with Crippen LogP contribution in [0.15, 0.2) is 0 Å². The molecule has 0 aliphatic rings. The largest absolute Gasteiger partial charge is 0.297 e. The highest BCUT2D eigenvalue weighted by Crippen LogP contribution is 2.20. The normalized spacial score (nSPS) is 17.5. The molecular formula is C9H22NP. The molecule has 0 heterocycles. The maximum atomic E-state index is 3.30. The van der Waals surface area contributed by atoms with E-state index in [1.807, 2.05) is 0 Å². The summed E-state index contributed by atoms with van der Waals surface area (Å²) < 4.78 is 0. The Bertz CT molecular complexity index is 102. The first-order chi connectivity index (χ1) is 5.00. The summed E-state index contributed by atoms with van der Waals surface area (Å²) >= 11 is 0. The van der Waals surface area contributed by atoms with Gasteiger partial charge in [0.1, 0.15) is 0 Å². The van der Waals surface area contributed by atoms with Crippen molar-refractivity contribution in [2.24, 2.45) is 17.8 Å². The zero-order valence-corrected chi connectivity index (χ0v) is 9.54. The minimum Gasteiger partial charge on any atom is -0.297 e. The molecule has 3 atom stereocenters. The molecule has 0 bridgehead atoms. The fourth-order valence-electron chi connectivity index (χ4n) is 1.37. The molecule has 0 saturated heterocycles.